The third-order valence-electron chi connectivity index (χ3n) is 4.71. The lowest BCUT2D eigenvalue weighted by molar-refractivity contribution is 0.102. The Bertz CT molecular complexity index is 753. The number of pyridine rings is 1. The maximum atomic E-state index is 14.0. The quantitative estimate of drug-likeness (QED) is 0.852. The Morgan fingerprint density at radius 1 is 1.19 bits per heavy atom. The zero-order valence-electron chi connectivity index (χ0n) is 15.3. The van der Waals surface area contributed by atoms with Crippen LogP contribution in [0.5, 0.6) is 0 Å². The molecule has 6 heteroatoms. The molecule has 1 saturated heterocycles. The molecule has 1 aromatic heterocycles. The van der Waals surface area contributed by atoms with Gasteiger partial charge in [-0.2, -0.15) is 0 Å². The van der Waals surface area contributed by atoms with Gasteiger partial charge in [0, 0.05) is 43.8 Å². The zero-order chi connectivity index (χ0) is 18.5. The molecule has 1 aliphatic rings. The fourth-order valence-corrected chi connectivity index (χ4v) is 3.26. The highest BCUT2D eigenvalue weighted by Gasteiger charge is 2.15. The number of anilines is 3. The summed E-state index contributed by atoms with van der Waals surface area (Å²) in [5.74, 6) is 0.204. The smallest absolute Gasteiger partial charge is 0.257 e. The average molecular weight is 356 g/mol. The number of benzene rings is 1. The summed E-state index contributed by atoms with van der Waals surface area (Å²) in [6.07, 6.45) is 3.79. The summed E-state index contributed by atoms with van der Waals surface area (Å²) in [7, 11) is 0. The lowest BCUT2D eigenvalue weighted by Crippen LogP contribution is -2.23. The molecule has 0 atom stereocenters. The van der Waals surface area contributed by atoms with Gasteiger partial charge in [0.05, 0.1) is 5.56 Å². The van der Waals surface area contributed by atoms with E-state index in [2.05, 4.69) is 33.9 Å². The molecule has 0 radical (unpaired) electrons. The molecular weight excluding hydrogens is 331 g/mol. The molecule has 1 amide bonds. The van der Waals surface area contributed by atoms with Crippen LogP contribution >= 0.6 is 0 Å². The zero-order valence-corrected chi connectivity index (χ0v) is 15.3. The van der Waals surface area contributed by atoms with Gasteiger partial charge in [-0.15, -0.1) is 0 Å². The van der Waals surface area contributed by atoms with Crippen molar-refractivity contribution in [2.45, 2.75) is 26.7 Å². The highest BCUT2D eigenvalue weighted by Crippen LogP contribution is 2.25. The minimum absolute atomic E-state index is 0.290. The molecule has 0 bridgehead atoms. The van der Waals surface area contributed by atoms with Crippen LogP contribution in [0.25, 0.3) is 0 Å². The number of amides is 1. The summed E-state index contributed by atoms with van der Waals surface area (Å²) in [4.78, 5) is 21.1. The lowest BCUT2D eigenvalue weighted by Gasteiger charge is -2.20. The van der Waals surface area contributed by atoms with E-state index in [4.69, 9.17) is 0 Å². The molecule has 26 heavy (non-hydrogen) atoms. The molecule has 138 valence electrons. The molecule has 0 spiro atoms. The molecule has 5 nitrogen and oxygen atoms in total. The van der Waals surface area contributed by atoms with Gasteiger partial charge in [0.25, 0.3) is 5.91 Å². The third kappa shape index (κ3) is 4.12. The minimum Gasteiger partial charge on any atom is -0.371 e. The molecule has 3 rings (SSSR count). The van der Waals surface area contributed by atoms with Gasteiger partial charge in [-0.3, -0.25) is 4.79 Å². The number of hydrogen-bond acceptors (Lipinski definition) is 4. The number of hydrogen-bond donors (Lipinski definition) is 1. The summed E-state index contributed by atoms with van der Waals surface area (Å²) in [5, 5.41) is 2.78. The second kappa shape index (κ2) is 8.17. The van der Waals surface area contributed by atoms with Gasteiger partial charge in [0.2, 0.25) is 0 Å². The molecule has 0 aliphatic carbocycles. The van der Waals surface area contributed by atoms with Crippen LogP contribution in [0.4, 0.5) is 21.6 Å². The Kier molecular flexibility index (Phi) is 5.71. The van der Waals surface area contributed by atoms with Gasteiger partial charge in [-0.1, -0.05) is 0 Å². The van der Waals surface area contributed by atoms with Crippen molar-refractivity contribution in [2.24, 2.45) is 0 Å². The lowest BCUT2D eigenvalue weighted by atomic mass is 10.2. The Hall–Kier alpha value is -2.63. The SMILES string of the molecule is CCN(CC)c1ccc(C(=O)Nc2cc(F)cc(N3CCCC3)c2)cn1. The average Bonchev–Trinajstić information content (AvgIpc) is 3.17. The van der Waals surface area contributed by atoms with Crippen molar-refractivity contribution in [3.8, 4) is 0 Å². The topological polar surface area (TPSA) is 48.5 Å². The van der Waals surface area contributed by atoms with Crippen LogP contribution in [-0.2, 0) is 0 Å². The van der Waals surface area contributed by atoms with Gasteiger partial charge in [-0.05, 0) is 57.0 Å². The van der Waals surface area contributed by atoms with Crippen molar-refractivity contribution in [3.05, 3.63) is 47.9 Å². The number of aromatic nitrogens is 1. The first-order chi connectivity index (χ1) is 12.6. The Balaban J connectivity index is 1.73. The Labute approximate surface area is 153 Å². The number of carbonyl (C=O) groups is 1. The Morgan fingerprint density at radius 2 is 1.92 bits per heavy atom. The third-order valence-corrected chi connectivity index (χ3v) is 4.71. The van der Waals surface area contributed by atoms with E-state index in [1.807, 2.05) is 12.1 Å². The predicted molar refractivity (Wildman–Crippen MR) is 104 cm³/mol. The van der Waals surface area contributed by atoms with E-state index in [0.29, 0.717) is 11.3 Å². The van der Waals surface area contributed by atoms with E-state index in [-0.39, 0.29) is 11.7 Å². The highest BCUT2D eigenvalue weighted by molar-refractivity contribution is 6.04. The van der Waals surface area contributed by atoms with Crippen molar-refractivity contribution in [1.29, 1.82) is 0 Å². The van der Waals surface area contributed by atoms with Crippen LogP contribution in [0, 0.1) is 5.82 Å². The first-order valence-electron chi connectivity index (χ1n) is 9.18. The Morgan fingerprint density at radius 3 is 2.54 bits per heavy atom. The van der Waals surface area contributed by atoms with Gasteiger partial charge in [-0.25, -0.2) is 9.37 Å². The minimum atomic E-state index is -0.347. The number of halogens is 1. The molecule has 1 aliphatic heterocycles. The largest absolute Gasteiger partial charge is 0.371 e. The number of nitrogens with one attached hydrogen (secondary N) is 1. The summed E-state index contributed by atoms with van der Waals surface area (Å²) < 4.78 is 14.0. The van der Waals surface area contributed by atoms with Crippen LogP contribution in [0.1, 0.15) is 37.0 Å². The summed E-state index contributed by atoms with van der Waals surface area (Å²) in [6, 6.07) is 8.26. The van der Waals surface area contributed by atoms with E-state index < -0.39 is 0 Å². The molecule has 2 heterocycles. The van der Waals surface area contributed by atoms with Crippen LogP contribution in [0.3, 0.4) is 0 Å². The molecule has 1 fully saturated rings. The molecule has 1 aromatic carbocycles. The normalized spacial score (nSPS) is 13.7. The van der Waals surface area contributed by atoms with Gasteiger partial charge in [0.15, 0.2) is 0 Å². The molecule has 0 unspecified atom stereocenters. The van der Waals surface area contributed by atoms with E-state index in [1.54, 1.807) is 12.3 Å². The monoisotopic (exact) mass is 356 g/mol. The second-order valence-corrected chi connectivity index (χ2v) is 6.42. The first kappa shape index (κ1) is 18.2. The maximum Gasteiger partial charge on any atom is 0.257 e. The molecular formula is C20H25FN4O. The van der Waals surface area contributed by atoms with E-state index in [1.165, 1.54) is 12.1 Å². The highest BCUT2D eigenvalue weighted by atomic mass is 19.1. The molecule has 1 N–H and O–H groups in total. The molecule has 2 aromatic rings. The summed E-state index contributed by atoms with van der Waals surface area (Å²) >= 11 is 0. The number of carbonyl (C=O) groups excluding carboxylic acids is 1. The van der Waals surface area contributed by atoms with Gasteiger partial charge < -0.3 is 15.1 Å². The first-order valence-corrected chi connectivity index (χ1v) is 9.18. The summed E-state index contributed by atoms with van der Waals surface area (Å²) in [6.45, 7) is 7.69. The predicted octanol–water partition coefficient (Wildman–Crippen LogP) is 3.92. The van der Waals surface area contributed by atoms with Crippen molar-refractivity contribution in [3.63, 3.8) is 0 Å². The maximum absolute atomic E-state index is 14.0. The number of rotatable bonds is 6. The fourth-order valence-electron chi connectivity index (χ4n) is 3.26. The van der Waals surface area contributed by atoms with E-state index in [9.17, 15) is 9.18 Å². The van der Waals surface area contributed by atoms with Gasteiger partial charge >= 0.3 is 0 Å². The van der Waals surface area contributed by atoms with Crippen molar-refractivity contribution in [1.82, 2.24) is 4.98 Å². The standard InChI is InChI=1S/C20H25FN4O/c1-3-24(4-2)19-8-7-15(14-22-19)20(26)23-17-11-16(21)12-18(13-17)25-9-5-6-10-25/h7-8,11-14H,3-6,9-10H2,1-2H3,(H,23,26). The van der Waals surface area contributed by atoms with E-state index in [0.717, 1.165) is 50.5 Å². The second-order valence-electron chi connectivity index (χ2n) is 6.42. The van der Waals surface area contributed by atoms with Gasteiger partial charge in [0.1, 0.15) is 11.6 Å². The van der Waals surface area contributed by atoms with E-state index >= 15 is 0 Å². The van der Waals surface area contributed by atoms with Crippen LogP contribution in [0.2, 0.25) is 0 Å². The van der Waals surface area contributed by atoms with Crippen molar-refractivity contribution >= 4 is 23.1 Å². The molecule has 0 saturated carbocycles. The van der Waals surface area contributed by atoms with Crippen molar-refractivity contribution < 1.29 is 9.18 Å². The van der Waals surface area contributed by atoms with Crippen LogP contribution in [-0.4, -0.2) is 37.1 Å². The van der Waals surface area contributed by atoms with Crippen LogP contribution in [0.15, 0.2) is 36.5 Å². The van der Waals surface area contributed by atoms with Crippen molar-refractivity contribution in [2.75, 3.05) is 41.3 Å². The summed E-state index contributed by atoms with van der Waals surface area (Å²) in [5.41, 5.74) is 1.73. The number of nitrogens with zero attached hydrogens (tertiary/aromatic N) is 3. The fraction of sp³-hybridized carbons (Fsp3) is 0.400. The van der Waals surface area contributed by atoms with Crippen LogP contribution < -0.4 is 15.1 Å².